The van der Waals surface area contributed by atoms with Crippen molar-refractivity contribution in [3.05, 3.63) is 29.0 Å². The molecule has 0 fully saturated rings. The van der Waals surface area contributed by atoms with Gasteiger partial charge in [-0.3, -0.25) is 4.98 Å². The van der Waals surface area contributed by atoms with E-state index in [9.17, 15) is 0 Å². The van der Waals surface area contributed by atoms with Gasteiger partial charge in [-0.2, -0.15) is 0 Å². The van der Waals surface area contributed by atoms with Crippen molar-refractivity contribution in [2.45, 2.75) is 13.3 Å². The van der Waals surface area contributed by atoms with Crippen LogP contribution in [0.15, 0.2) is 18.5 Å². The maximum absolute atomic E-state index is 5.95. The highest BCUT2D eigenvalue weighted by Crippen LogP contribution is 2.18. The molecule has 0 aliphatic rings. The minimum atomic E-state index is 0.616. The first-order valence-electron chi connectivity index (χ1n) is 3.88. The van der Waals surface area contributed by atoms with Gasteiger partial charge in [-0.15, -0.1) is 0 Å². The highest BCUT2D eigenvalue weighted by atomic mass is 79.9. The van der Waals surface area contributed by atoms with Crippen molar-refractivity contribution in [2.75, 3.05) is 5.33 Å². The third-order valence-corrected chi connectivity index (χ3v) is 3.13. The molecule has 1 rings (SSSR count). The molecule has 1 aromatic rings. The predicted molar refractivity (Wildman–Crippen MR) is 55.9 cm³/mol. The van der Waals surface area contributed by atoms with Gasteiger partial charge in [0.15, 0.2) is 0 Å². The lowest BCUT2D eigenvalue weighted by molar-refractivity contribution is 0.663. The van der Waals surface area contributed by atoms with E-state index in [4.69, 9.17) is 11.6 Å². The van der Waals surface area contributed by atoms with Crippen molar-refractivity contribution in [2.24, 2.45) is 5.92 Å². The van der Waals surface area contributed by atoms with Gasteiger partial charge in [-0.05, 0) is 24.0 Å². The summed E-state index contributed by atoms with van der Waals surface area (Å²) in [7, 11) is 0. The maximum Gasteiger partial charge on any atom is 0.0621 e. The number of alkyl halides is 1. The zero-order valence-corrected chi connectivity index (χ0v) is 9.27. The molecule has 0 aliphatic carbocycles. The van der Waals surface area contributed by atoms with Gasteiger partial charge in [0.2, 0.25) is 0 Å². The van der Waals surface area contributed by atoms with Crippen molar-refractivity contribution in [3.8, 4) is 0 Å². The summed E-state index contributed by atoms with van der Waals surface area (Å²) in [5, 5.41) is 1.77. The monoisotopic (exact) mass is 247 g/mol. The van der Waals surface area contributed by atoms with E-state index in [1.165, 1.54) is 5.56 Å². The van der Waals surface area contributed by atoms with Crippen LogP contribution in [0.3, 0.4) is 0 Å². The zero-order valence-electron chi connectivity index (χ0n) is 6.93. The van der Waals surface area contributed by atoms with Crippen LogP contribution in [0.4, 0.5) is 0 Å². The lowest BCUT2D eigenvalue weighted by Crippen LogP contribution is -2.01. The lowest BCUT2D eigenvalue weighted by atomic mass is 10.0. The fourth-order valence-corrected chi connectivity index (χ4v) is 1.42. The average Bonchev–Trinajstić information content (AvgIpc) is 2.09. The van der Waals surface area contributed by atoms with Crippen molar-refractivity contribution in [3.63, 3.8) is 0 Å². The first kappa shape index (κ1) is 10.0. The normalized spacial score (nSPS) is 12.9. The van der Waals surface area contributed by atoms with Gasteiger partial charge in [0.05, 0.1) is 5.02 Å². The number of halogens is 2. The molecule has 0 amide bonds. The summed E-state index contributed by atoms with van der Waals surface area (Å²) in [5.41, 5.74) is 1.18. The minimum Gasteiger partial charge on any atom is -0.263 e. The van der Waals surface area contributed by atoms with Crippen LogP contribution in [0.1, 0.15) is 12.5 Å². The van der Waals surface area contributed by atoms with Gasteiger partial charge in [-0.25, -0.2) is 0 Å². The lowest BCUT2D eigenvalue weighted by Gasteiger charge is -2.07. The first-order valence-corrected chi connectivity index (χ1v) is 5.38. The largest absolute Gasteiger partial charge is 0.263 e. The van der Waals surface area contributed by atoms with Crippen molar-refractivity contribution in [1.29, 1.82) is 0 Å². The summed E-state index contributed by atoms with van der Waals surface area (Å²) in [4.78, 5) is 3.93. The minimum absolute atomic E-state index is 0.616. The summed E-state index contributed by atoms with van der Waals surface area (Å²) >= 11 is 9.39. The van der Waals surface area contributed by atoms with Crippen molar-refractivity contribution in [1.82, 2.24) is 4.98 Å². The predicted octanol–water partition coefficient (Wildman–Crippen LogP) is 3.31. The number of rotatable bonds is 3. The van der Waals surface area contributed by atoms with Crippen molar-refractivity contribution >= 4 is 27.5 Å². The molecular weight excluding hydrogens is 237 g/mol. The number of aromatic nitrogens is 1. The fraction of sp³-hybridized carbons (Fsp3) is 0.444. The summed E-state index contributed by atoms with van der Waals surface area (Å²) in [6, 6.07) is 1.97. The molecule has 0 saturated heterocycles. The SMILES string of the molecule is CC(CBr)Cc1ccncc1Cl. The van der Waals surface area contributed by atoms with Gasteiger partial charge >= 0.3 is 0 Å². The van der Waals surface area contributed by atoms with Gasteiger partial charge < -0.3 is 0 Å². The Labute approximate surface area is 86.3 Å². The third-order valence-electron chi connectivity index (χ3n) is 1.69. The van der Waals surface area contributed by atoms with E-state index in [0.717, 1.165) is 16.8 Å². The standard InChI is InChI=1S/C9H11BrClN/c1-7(5-10)4-8-2-3-12-6-9(8)11/h2-3,6-7H,4-5H2,1H3. The molecule has 1 heterocycles. The van der Waals surface area contributed by atoms with Crippen LogP contribution in [-0.2, 0) is 6.42 Å². The zero-order chi connectivity index (χ0) is 8.97. The topological polar surface area (TPSA) is 12.9 Å². The Balaban J connectivity index is 2.69. The molecular formula is C9H11BrClN. The molecule has 0 spiro atoms. The smallest absolute Gasteiger partial charge is 0.0621 e. The van der Waals surface area contributed by atoms with Crippen LogP contribution in [0.25, 0.3) is 0 Å². The maximum atomic E-state index is 5.95. The summed E-state index contributed by atoms with van der Waals surface area (Å²) in [6.45, 7) is 2.19. The van der Waals surface area contributed by atoms with Gasteiger partial charge in [-0.1, -0.05) is 34.5 Å². The Kier molecular flexibility index (Phi) is 4.02. The molecule has 1 nitrogen and oxygen atoms in total. The van der Waals surface area contributed by atoms with Crippen LogP contribution in [0.2, 0.25) is 5.02 Å². The third kappa shape index (κ3) is 2.76. The molecule has 3 heteroatoms. The Morgan fingerprint density at radius 1 is 1.67 bits per heavy atom. The molecule has 12 heavy (non-hydrogen) atoms. The Hall–Kier alpha value is -0.0800. The molecule has 0 bridgehead atoms. The van der Waals surface area contributed by atoms with Crippen LogP contribution < -0.4 is 0 Å². The Morgan fingerprint density at radius 2 is 2.42 bits per heavy atom. The average molecular weight is 249 g/mol. The molecule has 0 N–H and O–H groups in total. The molecule has 0 aromatic carbocycles. The summed E-state index contributed by atoms with van der Waals surface area (Å²) in [6.07, 6.45) is 4.48. The summed E-state index contributed by atoms with van der Waals surface area (Å²) < 4.78 is 0. The molecule has 1 unspecified atom stereocenters. The molecule has 1 aromatic heterocycles. The van der Waals surface area contributed by atoms with Gasteiger partial charge in [0.25, 0.3) is 0 Å². The van der Waals surface area contributed by atoms with E-state index in [1.54, 1.807) is 12.4 Å². The molecule has 0 saturated carbocycles. The van der Waals surface area contributed by atoms with Gasteiger partial charge in [0.1, 0.15) is 0 Å². The molecule has 0 aliphatic heterocycles. The quantitative estimate of drug-likeness (QED) is 0.748. The van der Waals surface area contributed by atoms with Crippen LogP contribution in [0.5, 0.6) is 0 Å². The number of hydrogen-bond donors (Lipinski definition) is 0. The van der Waals surface area contributed by atoms with Gasteiger partial charge in [0, 0.05) is 17.7 Å². The Morgan fingerprint density at radius 3 is 3.00 bits per heavy atom. The highest BCUT2D eigenvalue weighted by Gasteiger charge is 2.04. The van der Waals surface area contributed by atoms with Crippen LogP contribution in [0, 0.1) is 5.92 Å². The second-order valence-electron chi connectivity index (χ2n) is 2.93. The second-order valence-corrected chi connectivity index (χ2v) is 3.99. The van der Waals surface area contributed by atoms with E-state index in [0.29, 0.717) is 5.92 Å². The van der Waals surface area contributed by atoms with E-state index in [1.807, 2.05) is 6.07 Å². The number of pyridine rings is 1. The molecule has 1 atom stereocenters. The Bertz CT molecular complexity index is 252. The van der Waals surface area contributed by atoms with E-state index >= 15 is 0 Å². The summed E-state index contributed by atoms with van der Waals surface area (Å²) in [5.74, 6) is 0.616. The fourth-order valence-electron chi connectivity index (χ4n) is 1.000. The first-order chi connectivity index (χ1) is 5.74. The number of hydrogen-bond acceptors (Lipinski definition) is 1. The van der Waals surface area contributed by atoms with Crippen molar-refractivity contribution < 1.29 is 0 Å². The molecule has 0 radical (unpaired) electrons. The van der Waals surface area contributed by atoms with Crippen LogP contribution >= 0.6 is 27.5 Å². The second kappa shape index (κ2) is 4.83. The van der Waals surface area contributed by atoms with E-state index in [2.05, 4.69) is 27.8 Å². The van der Waals surface area contributed by atoms with E-state index in [-0.39, 0.29) is 0 Å². The molecule has 66 valence electrons. The highest BCUT2D eigenvalue weighted by molar-refractivity contribution is 9.09. The van der Waals surface area contributed by atoms with E-state index < -0.39 is 0 Å². The van der Waals surface area contributed by atoms with Crippen LogP contribution in [-0.4, -0.2) is 10.3 Å². The number of nitrogens with zero attached hydrogens (tertiary/aromatic N) is 1.